The second kappa shape index (κ2) is 7.84. The Hall–Kier alpha value is -3.72. The third kappa shape index (κ3) is 3.53. The van der Waals surface area contributed by atoms with Crippen molar-refractivity contribution in [1.82, 2.24) is 14.6 Å². The molecule has 1 saturated heterocycles. The van der Waals surface area contributed by atoms with Crippen LogP contribution in [0.1, 0.15) is 30.4 Å². The summed E-state index contributed by atoms with van der Waals surface area (Å²) in [4.78, 5) is 16.2. The first-order valence-electron chi connectivity index (χ1n) is 9.34. The number of nitrogens with zero attached hydrogens (tertiary/aromatic N) is 4. The van der Waals surface area contributed by atoms with Crippen LogP contribution >= 0.6 is 0 Å². The summed E-state index contributed by atoms with van der Waals surface area (Å²) in [5.74, 6) is -2.30. The minimum Gasteiger partial charge on any atom is -0.426 e. The van der Waals surface area contributed by atoms with Gasteiger partial charge in [-0.2, -0.15) is 10.4 Å². The molecule has 1 aliphatic rings. The fraction of sp³-hybridized carbons (Fsp3) is 0.300. The number of nitrogens with two attached hydrogens (primary N) is 1. The van der Waals surface area contributed by atoms with Gasteiger partial charge in [-0.25, -0.2) is 14.3 Å². The van der Waals surface area contributed by atoms with Crippen LogP contribution in [0.5, 0.6) is 0 Å². The molecule has 1 aliphatic heterocycles. The summed E-state index contributed by atoms with van der Waals surface area (Å²) >= 11 is 0. The normalized spacial score (nSPS) is 26.3. The van der Waals surface area contributed by atoms with Gasteiger partial charge < -0.3 is 30.2 Å². The SMILES string of the molecule is CC(OC(=O)O[C@@]1(C#N)O[C@@H](c2ccc3c(N)ncnn23)[C@H](O)[C@@H]1O)c1ccccc1. The van der Waals surface area contributed by atoms with Crippen LogP contribution in [0.4, 0.5) is 10.6 Å². The monoisotopic (exact) mass is 425 g/mol. The van der Waals surface area contributed by atoms with Gasteiger partial charge >= 0.3 is 11.9 Å². The van der Waals surface area contributed by atoms with E-state index in [4.69, 9.17) is 19.9 Å². The number of aliphatic hydroxyl groups excluding tert-OH is 2. The van der Waals surface area contributed by atoms with Crippen LogP contribution in [-0.2, 0) is 14.2 Å². The Morgan fingerprint density at radius 3 is 2.77 bits per heavy atom. The summed E-state index contributed by atoms with van der Waals surface area (Å²) in [6.45, 7) is 1.62. The number of aliphatic hydroxyl groups is 2. The minimum absolute atomic E-state index is 0.190. The molecule has 1 unspecified atom stereocenters. The van der Waals surface area contributed by atoms with E-state index < -0.39 is 36.4 Å². The molecule has 4 N–H and O–H groups in total. The van der Waals surface area contributed by atoms with Gasteiger partial charge in [-0.3, -0.25) is 0 Å². The van der Waals surface area contributed by atoms with Gasteiger partial charge in [0.15, 0.2) is 11.9 Å². The van der Waals surface area contributed by atoms with Crippen molar-refractivity contribution >= 4 is 17.5 Å². The third-order valence-corrected chi connectivity index (χ3v) is 5.06. The smallest absolute Gasteiger partial charge is 0.426 e. The highest BCUT2D eigenvalue weighted by Crippen LogP contribution is 2.41. The number of aromatic nitrogens is 3. The van der Waals surface area contributed by atoms with E-state index in [1.807, 2.05) is 6.07 Å². The van der Waals surface area contributed by atoms with Crippen LogP contribution < -0.4 is 5.73 Å². The van der Waals surface area contributed by atoms with Crippen LogP contribution in [0, 0.1) is 11.3 Å². The van der Waals surface area contributed by atoms with Gasteiger partial charge in [-0.05, 0) is 24.6 Å². The van der Waals surface area contributed by atoms with Crippen molar-refractivity contribution in [3.63, 3.8) is 0 Å². The van der Waals surface area contributed by atoms with Crippen LogP contribution in [0.15, 0.2) is 48.8 Å². The number of nitrogen functional groups attached to an aromatic ring is 1. The third-order valence-electron chi connectivity index (χ3n) is 5.06. The zero-order valence-electron chi connectivity index (χ0n) is 16.3. The first kappa shape index (κ1) is 20.5. The second-order valence-corrected chi connectivity index (χ2v) is 6.98. The number of anilines is 1. The van der Waals surface area contributed by atoms with Crippen molar-refractivity contribution < 1.29 is 29.2 Å². The maximum Gasteiger partial charge on any atom is 0.512 e. The maximum atomic E-state index is 12.3. The number of benzene rings is 1. The molecule has 31 heavy (non-hydrogen) atoms. The Morgan fingerprint density at radius 2 is 2.06 bits per heavy atom. The van der Waals surface area contributed by atoms with E-state index in [0.717, 1.165) is 0 Å². The Balaban J connectivity index is 1.56. The molecule has 0 bridgehead atoms. The molecule has 2 aromatic heterocycles. The lowest BCUT2D eigenvalue weighted by atomic mass is 10.0. The van der Waals surface area contributed by atoms with E-state index in [-0.39, 0.29) is 11.5 Å². The molecule has 5 atom stereocenters. The number of fused-ring (bicyclic) bond motifs is 1. The number of hydrogen-bond acceptors (Lipinski definition) is 10. The summed E-state index contributed by atoms with van der Waals surface area (Å²) in [5.41, 5.74) is 7.23. The molecule has 1 fully saturated rings. The summed E-state index contributed by atoms with van der Waals surface area (Å²) in [7, 11) is 0. The summed E-state index contributed by atoms with van der Waals surface area (Å²) in [6, 6.07) is 13.6. The molecule has 1 aromatic carbocycles. The van der Waals surface area contributed by atoms with E-state index in [2.05, 4.69) is 10.1 Å². The zero-order valence-corrected chi connectivity index (χ0v) is 16.3. The number of carbonyl (C=O) groups excluding carboxylic acids is 1. The lowest BCUT2D eigenvalue weighted by Crippen LogP contribution is -2.46. The predicted molar refractivity (Wildman–Crippen MR) is 104 cm³/mol. The fourth-order valence-electron chi connectivity index (χ4n) is 3.43. The second-order valence-electron chi connectivity index (χ2n) is 6.98. The Bertz CT molecular complexity index is 1150. The fourth-order valence-corrected chi connectivity index (χ4v) is 3.43. The van der Waals surface area contributed by atoms with Gasteiger partial charge in [-0.1, -0.05) is 30.3 Å². The highest BCUT2D eigenvalue weighted by Gasteiger charge is 2.59. The standard InChI is InChI=1S/C20H19N5O6/c1-11(12-5-3-2-4-6-12)29-19(28)31-20(9-21)17(27)15(26)16(30-20)13-7-8-14-18(22)23-10-24-25(13)14/h2-8,10-11,15-17,26-27H,1H3,(H2,22,23,24)/t11?,15-,16-,17-,20+/m0/s1. The van der Waals surface area contributed by atoms with Crippen LogP contribution in [0.3, 0.4) is 0 Å². The van der Waals surface area contributed by atoms with Gasteiger partial charge in [0.1, 0.15) is 36.2 Å². The summed E-state index contributed by atoms with van der Waals surface area (Å²) < 4.78 is 17.2. The van der Waals surface area contributed by atoms with Crippen molar-refractivity contribution in [2.24, 2.45) is 0 Å². The molecule has 0 spiro atoms. The average molecular weight is 425 g/mol. The van der Waals surface area contributed by atoms with E-state index in [9.17, 15) is 20.3 Å². The first-order chi connectivity index (χ1) is 14.9. The number of rotatable bonds is 4. The van der Waals surface area contributed by atoms with Crippen LogP contribution in [-0.4, -0.2) is 49.0 Å². The molecule has 4 rings (SSSR count). The summed E-state index contributed by atoms with van der Waals surface area (Å²) in [6.07, 6.45) is -5.43. The molecule has 0 aliphatic carbocycles. The number of carbonyl (C=O) groups is 1. The van der Waals surface area contributed by atoms with Gasteiger partial charge in [-0.15, -0.1) is 0 Å². The molecule has 160 valence electrons. The first-order valence-corrected chi connectivity index (χ1v) is 9.34. The average Bonchev–Trinajstić information content (AvgIpc) is 3.30. The van der Waals surface area contributed by atoms with Gasteiger partial charge in [0, 0.05) is 0 Å². The Morgan fingerprint density at radius 1 is 1.32 bits per heavy atom. The van der Waals surface area contributed by atoms with E-state index in [0.29, 0.717) is 11.1 Å². The molecule has 0 radical (unpaired) electrons. The molecule has 11 nitrogen and oxygen atoms in total. The van der Waals surface area contributed by atoms with Crippen molar-refractivity contribution in [3.8, 4) is 6.07 Å². The Labute approximate surface area is 176 Å². The number of hydrogen-bond donors (Lipinski definition) is 3. The molecule has 0 saturated carbocycles. The van der Waals surface area contributed by atoms with Crippen molar-refractivity contribution in [1.29, 1.82) is 5.26 Å². The number of nitriles is 1. The molecule has 3 aromatic rings. The van der Waals surface area contributed by atoms with Crippen LogP contribution in [0.2, 0.25) is 0 Å². The molecule has 0 amide bonds. The van der Waals surface area contributed by atoms with Crippen LogP contribution in [0.25, 0.3) is 5.52 Å². The van der Waals surface area contributed by atoms with E-state index in [1.54, 1.807) is 49.4 Å². The quantitative estimate of drug-likeness (QED) is 0.518. The van der Waals surface area contributed by atoms with E-state index >= 15 is 0 Å². The van der Waals surface area contributed by atoms with Crippen molar-refractivity contribution in [2.75, 3.05) is 5.73 Å². The highest BCUT2D eigenvalue weighted by atomic mass is 16.8. The lowest BCUT2D eigenvalue weighted by Gasteiger charge is -2.24. The minimum atomic E-state index is -2.49. The van der Waals surface area contributed by atoms with Crippen molar-refractivity contribution in [3.05, 3.63) is 60.0 Å². The molecular formula is C20H19N5O6. The van der Waals surface area contributed by atoms with Gasteiger partial charge in [0.2, 0.25) is 0 Å². The zero-order chi connectivity index (χ0) is 22.2. The lowest BCUT2D eigenvalue weighted by molar-refractivity contribution is -0.201. The topological polar surface area (TPSA) is 165 Å². The van der Waals surface area contributed by atoms with E-state index in [1.165, 1.54) is 10.8 Å². The Kier molecular flexibility index (Phi) is 5.20. The predicted octanol–water partition coefficient (Wildman–Crippen LogP) is 1.24. The highest BCUT2D eigenvalue weighted by molar-refractivity contribution is 5.65. The molecule has 11 heteroatoms. The van der Waals surface area contributed by atoms with Crippen molar-refractivity contribution in [2.45, 2.75) is 37.1 Å². The summed E-state index contributed by atoms with van der Waals surface area (Å²) in [5, 5.41) is 34.8. The number of ether oxygens (including phenoxy) is 3. The van der Waals surface area contributed by atoms with Gasteiger partial charge in [0.25, 0.3) is 0 Å². The largest absolute Gasteiger partial charge is 0.512 e. The molecule has 3 heterocycles. The maximum absolute atomic E-state index is 12.3. The van der Waals surface area contributed by atoms with Gasteiger partial charge in [0.05, 0.1) is 5.69 Å². The molecular weight excluding hydrogens is 406 g/mol.